The molecule has 0 amide bonds. The van der Waals surface area contributed by atoms with Crippen LogP contribution in [0.3, 0.4) is 0 Å². The van der Waals surface area contributed by atoms with Gasteiger partial charge in [-0.25, -0.2) is 0 Å². The molecule has 1 atom stereocenters. The van der Waals surface area contributed by atoms with Crippen molar-refractivity contribution in [1.29, 1.82) is 0 Å². The normalized spacial score (nSPS) is 12.7. The summed E-state index contributed by atoms with van der Waals surface area (Å²) < 4.78 is 16.9. The third-order valence-electron chi connectivity index (χ3n) is 14.6. The van der Waals surface area contributed by atoms with Gasteiger partial charge in [-0.3, -0.25) is 14.4 Å². The topological polar surface area (TPSA) is 78.9 Å². The lowest BCUT2D eigenvalue weighted by molar-refractivity contribution is -0.167. The van der Waals surface area contributed by atoms with Crippen molar-refractivity contribution in [2.24, 2.45) is 0 Å². The summed E-state index contributed by atoms with van der Waals surface area (Å²) in [6.07, 6.45) is 90.2. The van der Waals surface area contributed by atoms with Gasteiger partial charge in [0.05, 0.1) is 0 Å². The second-order valence-corrected chi connectivity index (χ2v) is 22.3. The van der Waals surface area contributed by atoms with E-state index in [1.807, 2.05) is 0 Å². The van der Waals surface area contributed by atoms with Gasteiger partial charge in [0.15, 0.2) is 6.10 Å². The van der Waals surface area contributed by atoms with Gasteiger partial charge in [0.25, 0.3) is 0 Å². The molecule has 79 heavy (non-hydrogen) atoms. The Labute approximate surface area is 489 Å². The molecule has 6 nitrogen and oxygen atoms in total. The Bertz CT molecular complexity index is 1540. The van der Waals surface area contributed by atoms with Gasteiger partial charge in [0.1, 0.15) is 13.2 Å². The van der Waals surface area contributed by atoms with Crippen LogP contribution in [0.15, 0.2) is 97.2 Å². The lowest BCUT2D eigenvalue weighted by atomic mass is 10.0. The average Bonchev–Trinajstić information content (AvgIpc) is 3.45. The number of carbonyl (C=O) groups is 3. The summed E-state index contributed by atoms with van der Waals surface area (Å²) in [5.41, 5.74) is 0. The maximum atomic E-state index is 12.9. The summed E-state index contributed by atoms with van der Waals surface area (Å²) in [5.74, 6) is -0.916. The lowest BCUT2D eigenvalue weighted by Crippen LogP contribution is -2.30. The van der Waals surface area contributed by atoms with Crippen molar-refractivity contribution in [2.75, 3.05) is 13.2 Å². The van der Waals surface area contributed by atoms with E-state index in [0.29, 0.717) is 19.3 Å². The summed E-state index contributed by atoms with van der Waals surface area (Å²) >= 11 is 0. The van der Waals surface area contributed by atoms with Crippen LogP contribution in [0.2, 0.25) is 0 Å². The predicted molar refractivity (Wildman–Crippen MR) is 344 cm³/mol. The van der Waals surface area contributed by atoms with Gasteiger partial charge in [-0.1, -0.05) is 311 Å². The first-order chi connectivity index (χ1) is 39.0. The Kier molecular flexibility index (Phi) is 63.7. The maximum Gasteiger partial charge on any atom is 0.306 e. The Morgan fingerprint density at radius 3 is 0.797 bits per heavy atom. The van der Waals surface area contributed by atoms with Gasteiger partial charge in [-0.2, -0.15) is 0 Å². The van der Waals surface area contributed by atoms with E-state index in [9.17, 15) is 14.4 Å². The van der Waals surface area contributed by atoms with Crippen molar-refractivity contribution < 1.29 is 28.6 Å². The van der Waals surface area contributed by atoms with E-state index in [2.05, 4.69) is 118 Å². The quantitative estimate of drug-likeness (QED) is 0.0261. The van der Waals surface area contributed by atoms with Crippen LogP contribution in [0.5, 0.6) is 0 Å². The van der Waals surface area contributed by atoms with E-state index in [1.54, 1.807) is 0 Å². The van der Waals surface area contributed by atoms with Gasteiger partial charge >= 0.3 is 17.9 Å². The van der Waals surface area contributed by atoms with E-state index in [4.69, 9.17) is 14.2 Å². The molecule has 0 N–H and O–H groups in total. The molecule has 0 aromatic heterocycles. The highest BCUT2D eigenvalue weighted by Gasteiger charge is 2.19. The molecule has 0 heterocycles. The molecule has 0 aliphatic heterocycles. The van der Waals surface area contributed by atoms with Crippen molar-refractivity contribution in [1.82, 2.24) is 0 Å². The Hall–Kier alpha value is -3.67. The van der Waals surface area contributed by atoms with Gasteiger partial charge < -0.3 is 14.2 Å². The molecule has 0 saturated heterocycles. The van der Waals surface area contributed by atoms with E-state index < -0.39 is 6.10 Å². The second-order valence-electron chi connectivity index (χ2n) is 22.3. The highest BCUT2D eigenvalue weighted by Crippen LogP contribution is 2.17. The monoisotopic (exact) mass is 1100 g/mol. The summed E-state index contributed by atoms with van der Waals surface area (Å²) in [6.45, 7) is 6.41. The largest absolute Gasteiger partial charge is 0.462 e. The van der Waals surface area contributed by atoms with Crippen LogP contribution in [-0.4, -0.2) is 37.2 Å². The van der Waals surface area contributed by atoms with Crippen molar-refractivity contribution in [3.05, 3.63) is 97.2 Å². The zero-order valence-electron chi connectivity index (χ0n) is 52.1. The Morgan fingerprint density at radius 1 is 0.266 bits per heavy atom. The van der Waals surface area contributed by atoms with E-state index in [-0.39, 0.29) is 37.5 Å². The van der Waals surface area contributed by atoms with Gasteiger partial charge in [-0.15, -0.1) is 0 Å². The predicted octanol–water partition coefficient (Wildman–Crippen LogP) is 23.2. The van der Waals surface area contributed by atoms with Gasteiger partial charge in [0.2, 0.25) is 0 Å². The molecule has 6 heteroatoms. The first-order valence-electron chi connectivity index (χ1n) is 33.7. The smallest absolute Gasteiger partial charge is 0.306 e. The van der Waals surface area contributed by atoms with E-state index in [1.165, 1.54) is 180 Å². The summed E-state index contributed by atoms with van der Waals surface area (Å²) in [4.78, 5) is 38.3. The number of hydrogen-bond donors (Lipinski definition) is 0. The van der Waals surface area contributed by atoms with Crippen LogP contribution in [-0.2, 0) is 28.6 Å². The first kappa shape index (κ1) is 75.3. The Morgan fingerprint density at radius 2 is 0.494 bits per heavy atom. The van der Waals surface area contributed by atoms with Crippen LogP contribution in [0.25, 0.3) is 0 Å². The molecule has 0 bridgehead atoms. The minimum Gasteiger partial charge on any atom is -0.462 e. The van der Waals surface area contributed by atoms with Crippen molar-refractivity contribution >= 4 is 17.9 Å². The molecule has 0 radical (unpaired) electrons. The third-order valence-corrected chi connectivity index (χ3v) is 14.6. The molecule has 0 aliphatic carbocycles. The molecule has 0 fully saturated rings. The first-order valence-corrected chi connectivity index (χ1v) is 33.7. The number of carbonyl (C=O) groups excluding carboxylic acids is 3. The van der Waals surface area contributed by atoms with Gasteiger partial charge in [0, 0.05) is 19.3 Å². The average molecular weight is 1100 g/mol. The Balaban J connectivity index is 4.15. The molecular weight excluding hydrogens is 973 g/mol. The molecular formula is C73H126O6. The molecule has 0 saturated carbocycles. The molecule has 0 aliphatic rings. The highest BCUT2D eigenvalue weighted by molar-refractivity contribution is 5.71. The summed E-state index contributed by atoms with van der Waals surface area (Å²) in [6, 6.07) is 0. The van der Waals surface area contributed by atoms with E-state index >= 15 is 0 Å². The number of esters is 3. The number of rotatable bonds is 61. The zero-order chi connectivity index (χ0) is 57.1. The molecule has 0 aromatic carbocycles. The fourth-order valence-electron chi connectivity index (χ4n) is 9.60. The van der Waals surface area contributed by atoms with Crippen molar-refractivity contribution in [3.63, 3.8) is 0 Å². The number of unbranched alkanes of at least 4 members (excludes halogenated alkanes) is 34. The van der Waals surface area contributed by atoms with Crippen LogP contribution < -0.4 is 0 Å². The minimum atomic E-state index is -0.796. The fourth-order valence-corrected chi connectivity index (χ4v) is 9.60. The van der Waals surface area contributed by atoms with Crippen molar-refractivity contribution in [2.45, 2.75) is 335 Å². The molecule has 1 unspecified atom stereocenters. The van der Waals surface area contributed by atoms with Crippen molar-refractivity contribution in [3.8, 4) is 0 Å². The lowest BCUT2D eigenvalue weighted by Gasteiger charge is -2.18. The third kappa shape index (κ3) is 65.0. The minimum absolute atomic E-state index is 0.0892. The van der Waals surface area contributed by atoms with E-state index in [0.717, 1.165) is 103 Å². The molecule has 454 valence electrons. The number of hydrogen-bond acceptors (Lipinski definition) is 6. The van der Waals surface area contributed by atoms with Crippen LogP contribution >= 0.6 is 0 Å². The molecule has 0 spiro atoms. The summed E-state index contributed by atoms with van der Waals surface area (Å²) in [7, 11) is 0. The number of allylic oxidation sites excluding steroid dienone is 16. The number of ether oxygens (including phenoxy) is 3. The highest BCUT2D eigenvalue weighted by atomic mass is 16.6. The van der Waals surface area contributed by atoms with Crippen LogP contribution in [0, 0.1) is 0 Å². The maximum absolute atomic E-state index is 12.9. The summed E-state index contributed by atoms with van der Waals surface area (Å²) in [5, 5.41) is 0. The molecule has 0 aromatic rings. The fraction of sp³-hybridized carbons (Fsp3) is 0.740. The zero-order valence-corrected chi connectivity index (χ0v) is 52.1. The second kappa shape index (κ2) is 66.8. The van der Waals surface area contributed by atoms with Crippen LogP contribution in [0.4, 0.5) is 0 Å². The standard InChI is InChI=1S/C73H126O6/c1-4-7-10-13-16-19-22-25-27-28-29-30-31-32-33-34-35-36-37-38-39-40-41-42-43-44-46-48-51-54-57-60-63-66-72(75)78-69-70(68-77-71(74)65-62-59-56-53-50-47-24-21-18-15-12-9-6-3)79-73(76)67-64-61-58-55-52-49-45-26-23-20-17-14-11-8-5-2/h7-8,10-11,16-17,19-20,25-27,29-30,45,52,55,70H,4-6,9,12-15,18,21-24,28,31-44,46-51,53-54,56-69H2,1-3H3/b10-7-,11-8-,19-16-,20-17-,27-25-,30-29-,45-26-,55-52-. The SMILES string of the molecule is CC/C=C\C/C=C\C/C=C\C/C=C\CCCCCCCCCCCCCCCCCCCCCCC(=O)OCC(COC(=O)CCCCCCCCCCCCCCC)OC(=O)CCCC/C=C\C/C=C\C/C=C\C/C=C\CC. The van der Waals surface area contributed by atoms with Crippen LogP contribution in [0.1, 0.15) is 329 Å². The van der Waals surface area contributed by atoms with Gasteiger partial charge in [-0.05, 0) is 96.3 Å². The molecule has 0 rings (SSSR count).